The molecule has 1 aliphatic carbocycles. The summed E-state index contributed by atoms with van der Waals surface area (Å²) in [5.74, 6) is -0.240. The van der Waals surface area contributed by atoms with Crippen molar-refractivity contribution in [3.05, 3.63) is 69.7 Å². The van der Waals surface area contributed by atoms with E-state index in [4.69, 9.17) is 4.42 Å². The van der Waals surface area contributed by atoms with Crippen molar-refractivity contribution >= 4 is 16.9 Å². The largest absolute Gasteiger partial charge is 0.419 e. The molecular formula is C17H13NO3. The first kappa shape index (κ1) is 12.1. The molecular weight excluding hydrogens is 266 g/mol. The quantitative estimate of drug-likeness (QED) is 0.688. The zero-order valence-electron chi connectivity index (χ0n) is 11.5. The molecule has 3 aromatic rings. The van der Waals surface area contributed by atoms with E-state index in [1.807, 2.05) is 36.4 Å². The van der Waals surface area contributed by atoms with Crippen molar-refractivity contribution in [2.24, 2.45) is 7.05 Å². The standard InChI is InChI=1S/C17H13NO3/c1-18-14-7-13-12(9-16(14)21-17(18)20)11(8-15(13)19)10-5-3-2-4-6-10/h2-7,9,11H,8H2,1H3. The van der Waals surface area contributed by atoms with Gasteiger partial charge in [0.05, 0.1) is 5.52 Å². The van der Waals surface area contributed by atoms with Crippen LogP contribution in [0, 0.1) is 0 Å². The third kappa shape index (κ3) is 1.69. The van der Waals surface area contributed by atoms with E-state index in [1.54, 1.807) is 13.1 Å². The van der Waals surface area contributed by atoms with Crippen molar-refractivity contribution in [1.82, 2.24) is 4.57 Å². The number of benzene rings is 2. The molecule has 0 fully saturated rings. The molecule has 4 nitrogen and oxygen atoms in total. The fourth-order valence-electron chi connectivity index (χ4n) is 3.11. The molecule has 0 saturated carbocycles. The predicted molar refractivity (Wildman–Crippen MR) is 78.7 cm³/mol. The topological polar surface area (TPSA) is 52.2 Å². The minimum absolute atomic E-state index is 0.0450. The molecule has 2 aromatic carbocycles. The summed E-state index contributed by atoms with van der Waals surface area (Å²) in [5, 5.41) is 0. The van der Waals surface area contributed by atoms with Gasteiger partial charge in [0.25, 0.3) is 0 Å². The number of hydrogen-bond donors (Lipinski definition) is 0. The van der Waals surface area contributed by atoms with Crippen LogP contribution in [0.3, 0.4) is 0 Å². The highest BCUT2D eigenvalue weighted by molar-refractivity contribution is 6.04. The molecule has 21 heavy (non-hydrogen) atoms. The van der Waals surface area contributed by atoms with E-state index in [0.717, 1.165) is 11.1 Å². The first-order valence-corrected chi connectivity index (χ1v) is 6.87. The fraction of sp³-hybridized carbons (Fsp3) is 0.176. The zero-order chi connectivity index (χ0) is 14.6. The number of Topliss-reactive ketones (excluding diaryl/α,β-unsaturated/α-hetero) is 1. The summed E-state index contributed by atoms with van der Waals surface area (Å²) in [4.78, 5) is 23.9. The number of rotatable bonds is 1. The third-order valence-electron chi connectivity index (χ3n) is 4.23. The Morgan fingerprint density at radius 1 is 1.14 bits per heavy atom. The Balaban J connectivity index is 1.97. The third-order valence-corrected chi connectivity index (χ3v) is 4.23. The number of fused-ring (bicyclic) bond motifs is 2. The average molecular weight is 279 g/mol. The molecule has 0 amide bonds. The lowest BCUT2D eigenvalue weighted by molar-refractivity contribution is 0.0991. The van der Waals surface area contributed by atoms with Gasteiger partial charge in [-0.2, -0.15) is 0 Å². The second-order valence-electron chi connectivity index (χ2n) is 5.42. The van der Waals surface area contributed by atoms with Crippen molar-refractivity contribution in [2.45, 2.75) is 12.3 Å². The highest BCUT2D eigenvalue weighted by Crippen LogP contribution is 2.39. The Labute approximate surface area is 120 Å². The van der Waals surface area contributed by atoms with E-state index in [0.29, 0.717) is 23.1 Å². The van der Waals surface area contributed by atoms with Crippen LogP contribution in [0.15, 0.2) is 51.7 Å². The summed E-state index contributed by atoms with van der Waals surface area (Å²) < 4.78 is 6.67. The van der Waals surface area contributed by atoms with Gasteiger partial charge in [-0.15, -0.1) is 0 Å². The van der Waals surface area contributed by atoms with Crippen LogP contribution in [0.1, 0.15) is 33.8 Å². The average Bonchev–Trinajstić information content (AvgIpc) is 2.97. The number of hydrogen-bond acceptors (Lipinski definition) is 3. The lowest BCUT2D eigenvalue weighted by Gasteiger charge is -2.10. The molecule has 1 heterocycles. The smallest absolute Gasteiger partial charge is 0.408 e. The molecule has 0 N–H and O–H groups in total. The van der Waals surface area contributed by atoms with E-state index in [1.165, 1.54) is 4.57 Å². The van der Waals surface area contributed by atoms with Crippen molar-refractivity contribution < 1.29 is 9.21 Å². The van der Waals surface area contributed by atoms with Gasteiger partial charge in [0, 0.05) is 24.9 Å². The first-order valence-electron chi connectivity index (χ1n) is 6.87. The van der Waals surface area contributed by atoms with Crippen LogP contribution in [0.5, 0.6) is 0 Å². The molecule has 0 saturated heterocycles. The molecule has 1 aliphatic rings. The monoisotopic (exact) mass is 279 g/mol. The van der Waals surface area contributed by atoms with Crippen LogP contribution >= 0.6 is 0 Å². The number of nitrogens with zero attached hydrogens (tertiary/aromatic N) is 1. The Morgan fingerprint density at radius 2 is 1.90 bits per heavy atom. The van der Waals surface area contributed by atoms with Crippen LogP contribution in [-0.4, -0.2) is 10.4 Å². The van der Waals surface area contributed by atoms with Crippen molar-refractivity contribution in [2.75, 3.05) is 0 Å². The van der Waals surface area contributed by atoms with Crippen molar-refractivity contribution in [3.63, 3.8) is 0 Å². The molecule has 0 bridgehead atoms. The number of aromatic nitrogens is 1. The molecule has 0 spiro atoms. The molecule has 0 radical (unpaired) electrons. The van der Waals surface area contributed by atoms with E-state index in [9.17, 15) is 9.59 Å². The van der Waals surface area contributed by atoms with E-state index < -0.39 is 5.76 Å². The van der Waals surface area contributed by atoms with Gasteiger partial charge in [-0.25, -0.2) is 4.79 Å². The van der Waals surface area contributed by atoms with E-state index in [2.05, 4.69) is 0 Å². The minimum Gasteiger partial charge on any atom is -0.408 e. The summed E-state index contributed by atoms with van der Waals surface area (Å²) in [6.07, 6.45) is 0.472. The number of aryl methyl sites for hydroxylation is 1. The molecule has 0 aliphatic heterocycles. The predicted octanol–water partition coefficient (Wildman–Crippen LogP) is 2.85. The Morgan fingerprint density at radius 3 is 2.67 bits per heavy atom. The SMILES string of the molecule is Cn1c(=O)oc2cc3c(cc21)C(=O)CC3c1ccccc1. The van der Waals surface area contributed by atoms with Gasteiger partial charge in [0.2, 0.25) is 0 Å². The van der Waals surface area contributed by atoms with Crippen LogP contribution in [0.2, 0.25) is 0 Å². The van der Waals surface area contributed by atoms with Crippen molar-refractivity contribution in [1.29, 1.82) is 0 Å². The van der Waals surface area contributed by atoms with Gasteiger partial charge >= 0.3 is 5.76 Å². The Bertz CT molecular complexity index is 918. The summed E-state index contributed by atoms with van der Waals surface area (Å²) in [7, 11) is 1.65. The second kappa shape index (κ2) is 4.19. The van der Waals surface area contributed by atoms with Crippen LogP contribution in [-0.2, 0) is 7.05 Å². The Kier molecular flexibility index (Phi) is 2.42. The lowest BCUT2D eigenvalue weighted by Crippen LogP contribution is -2.08. The second-order valence-corrected chi connectivity index (χ2v) is 5.42. The maximum Gasteiger partial charge on any atom is 0.419 e. The molecule has 4 rings (SSSR count). The molecule has 104 valence electrons. The van der Waals surface area contributed by atoms with Gasteiger partial charge in [0.1, 0.15) is 0 Å². The van der Waals surface area contributed by atoms with E-state index in [-0.39, 0.29) is 11.7 Å². The minimum atomic E-state index is -0.405. The highest BCUT2D eigenvalue weighted by atomic mass is 16.4. The molecule has 1 atom stereocenters. The number of ketones is 1. The molecule has 4 heteroatoms. The summed E-state index contributed by atoms with van der Waals surface area (Å²) in [5.41, 5.74) is 3.97. The maximum absolute atomic E-state index is 12.3. The number of oxazole rings is 1. The summed E-state index contributed by atoms with van der Waals surface area (Å²) in [6, 6.07) is 13.6. The Hall–Kier alpha value is -2.62. The van der Waals surface area contributed by atoms with Gasteiger partial charge in [-0.1, -0.05) is 30.3 Å². The zero-order valence-corrected chi connectivity index (χ0v) is 11.5. The highest BCUT2D eigenvalue weighted by Gasteiger charge is 2.31. The van der Waals surface area contributed by atoms with Gasteiger partial charge in [0.15, 0.2) is 11.4 Å². The normalized spacial score (nSPS) is 17.4. The van der Waals surface area contributed by atoms with Crippen LogP contribution < -0.4 is 5.76 Å². The van der Waals surface area contributed by atoms with Crippen LogP contribution in [0.4, 0.5) is 0 Å². The number of carbonyl (C=O) groups excluding carboxylic acids is 1. The van der Waals surface area contributed by atoms with Gasteiger partial charge < -0.3 is 4.42 Å². The molecule has 1 unspecified atom stereocenters. The summed E-state index contributed by atoms with van der Waals surface area (Å²) >= 11 is 0. The van der Waals surface area contributed by atoms with Crippen molar-refractivity contribution in [3.8, 4) is 0 Å². The lowest BCUT2D eigenvalue weighted by atomic mass is 9.93. The van der Waals surface area contributed by atoms with Gasteiger partial charge in [-0.05, 0) is 23.3 Å². The van der Waals surface area contributed by atoms with E-state index >= 15 is 0 Å². The number of carbonyl (C=O) groups is 1. The van der Waals surface area contributed by atoms with Crippen LogP contribution in [0.25, 0.3) is 11.1 Å². The van der Waals surface area contributed by atoms with Gasteiger partial charge in [-0.3, -0.25) is 9.36 Å². The molecule has 1 aromatic heterocycles. The fourth-order valence-corrected chi connectivity index (χ4v) is 3.11. The maximum atomic E-state index is 12.3. The summed E-state index contributed by atoms with van der Waals surface area (Å²) in [6.45, 7) is 0. The first-order chi connectivity index (χ1) is 10.1.